The number of aryl methyl sites for hydroxylation is 1. The molecule has 1 aromatic carbocycles. The van der Waals surface area contributed by atoms with Crippen LogP contribution in [0.15, 0.2) is 23.4 Å². The molecule has 1 atom stereocenters. The molecule has 1 N–H and O–H groups in total. The topological polar surface area (TPSA) is 41.8 Å². The van der Waals surface area contributed by atoms with Crippen molar-refractivity contribution >= 4 is 16.8 Å². The predicted octanol–water partition coefficient (Wildman–Crippen LogP) is 2.69. The standard InChI is InChI=1S/C11H12ClNO2/c1-15-10-5-3-7-6-8(11(12)13-14)2-4-9(7)10/h2,4,6,10,14H,3,5H2,1H3. The lowest BCUT2D eigenvalue weighted by Gasteiger charge is -2.09. The van der Waals surface area contributed by atoms with Gasteiger partial charge in [0.25, 0.3) is 0 Å². The van der Waals surface area contributed by atoms with Gasteiger partial charge in [-0.2, -0.15) is 0 Å². The third-order valence-electron chi connectivity index (χ3n) is 2.78. The summed E-state index contributed by atoms with van der Waals surface area (Å²) in [5.41, 5.74) is 3.18. The summed E-state index contributed by atoms with van der Waals surface area (Å²) in [7, 11) is 1.72. The van der Waals surface area contributed by atoms with E-state index in [1.54, 1.807) is 7.11 Å². The van der Waals surface area contributed by atoms with Crippen molar-refractivity contribution in [3.8, 4) is 0 Å². The number of oxime groups is 1. The van der Waals surface area contributed by atoms with Crippen molar-refractivity contribution in [2.24, 2.45) is 5.16 Å². The minimum Gasteiger partial charge on any atom is -0.410 e. The van der Waals surface area contributed by atoms with Crippen LogP contribution in [0, 0.1) is 0 Å². The number of hydrogen-bond acceptors (Lipinski definition) is 3. The molecular formula is C11H12ClNO2. The van der Waals surface area contributed by atoms with Crippen molar-refractivity contribution in [2.75, 3.05) is 7.11 Å². The Morgan fingerprint density at radius 1 is 1.60 bits per heavy atom. The van der Waals surface area contributed by atoms with Gasteiger partial charge in [-0.25, -0.2) is 0 Å². The lowest BCUT2D eigenvalue weighted by molar-refractivity contribution is 0.105. The first-order valence-corrected chi connectivity index (χ1v) is 5.17. The summed E-state index contributed by atoms with van der Waals surface area (Å²) in [5.74, 6) is 0. The summed E-state index contributed by atoms with van der Waals surface area (Å²) in [4.78, 5) is 0. The van der Waals surface area contributed by atoms with Crippen LogP contribution in [0.4, 0.5) is 0 Å². The molecule has 1 aliphatic carbocycles. The SMILES string of the molecule is COC1CCc2cc(C(Cl)=NO)ccc21. The summed E-state index contributed by atoms with van der Waals surface area (Å²) < 4.78 is 5.35. The van der Waals surface area contributed by atoms with Crippen LogP contribution in [0.25, 0.3) is 0 Å². The summed E-state index contributed by atoms with van der Waals surface area (Å²) in [6.45, 7) is 0. The maximum absolute atomic E-state index is 8.57. The third kappa shape index (κ3) is 1.85. The molecular weight excluding hydrogens is 214 g/mol. The van der Waals surface area contributed by atoms with E-state index in [0.717, 1.165) is 18.4 Å². The molecule has 0 heterocycles. The minimum atomic E-state index is 0.124. The van der Waals surface area contributed by atoms with E-state index in [-0.39, 0.29) is 11.3 Å². The molecule has 0 saturated carbocycles. The van der Waals surface area contributed by atoms with E-state index < -0.39 is 0 Å². The van der Waals surface area contributed by atoms with Crippen molar-refractivity contribution in [3.05, 3.63) is 34.9 Å². The van der Waals surface area contributed by atoms with Crippen LogP contribution in [-0.4, -0.2) is 17.5 Å². The number of benzene rings is 1. The van der Waals surface area contributed by atoms with Gasteiger partial charge in [0.15, 0.2) is 5.17 Å². The smallest absolute Gasteiger partial charge is 0.175 e. The molecule has 80 valence electrons. The highest BCUT2D eigenvalue weighted by Crippen LogP contribution is 2.34. The van der Waals surface area contributed by atoms with Crippen LogP contribution in [-0.2, 0) is 11.2 Å². The first-order chi connectivity index (χ1) is 7.26. The van der Waals surface area contributed by atoms with Gasteiger partial charge in [0.2, 0.25) is 0 Å². The van der Waals surface area contributed by atoms with Crippen LogP contribution in [0.2, 0.25) is 0 Å². The van der Waals surface area contributed by atoms with Gasteiger partial charge in [-0.15, -0.1) is 0 Å². The maximum Gasteiger partial charge on any atom is 0.175 e. The Balaban J connectivity index is 2.37. The summed E-state index contributed by atoms with van der Waals surface area (Å²) in [5, 5.41) is 11.7. The first-order valence-electron chi connectivity index (χ1n) is 4.80. The second-order valence-electron chi connectivity index (χ2n) is 3.57. The molecule has 1 unspecified atom stereocenters. The summed E-state index contributed by atoms with van der Waals surface area (Å²) in [6, 6.07) is 5.79. The lowest BCUT2D eigenvalue weighted by Crippen LogP contribution is -1.97. The lowest BCUT2D eigenvalue weighted by atomic mass is 10.1. The molecule has 4 heteroatoms. The molecule has 0 bridgehead atoms. The monoisotopic (exact) mass is 225 g/mol. The quantitative estimate of drug-likeness (QED) is 0.478. The fraction of sp³-hybridized carbons (Fsp3) is 0.364. The molecule has 0 saturated heterocycles. The second kappa shape index (κ2) is 4.21. The fourth-order valence-corrected chi connectivity index (χ4v) is 2.13. The molecule has 0 spiro atoms. The van der Waals surface area contributed by atoms with Gasteiger partial charge in [-0.3, -0.25) is 0 Å². The van der Waals surface area contributed by atoms with E-state index in [4.69, 9.17) is 21.5 Å². The van der Waals surface area contributed by atoms with E-state index >= 15 is 0 Å². The average Bonchev–Trinajstić information content (AvgIpc) is 2.69. The van der Waals surface area contributed by atoms with E-state index in [1.807, 2.05) is 18.2 Å². The zero-order valence-corrected chi connectivity index (χ0v) is 9.16. The molecule has 15 heavy (non-hydrogen) atoms. The van der Waals surface area contributed by atoms with Crippen LogP contribution < -0.4 is 0 Å². The molecule has 0 radical (unpaired) electrons. The zero-order valence-electron chi connectivity index (χ0n) is 8.40. The van der Waals surface area contributed by atoms with Crippen molar-refractivity contribution in [1.29, 1.82) is 0 Å². The van der Waals surface area contributed by atoms with E-state index in [9.17, 15) is 0 Å². The minimum absolute atomic E-state index is 0.124. The van der Waals surface area contributed by atoms with Gasteiger partial charge in [0.1, 0.15) is 0 Å². The largest absolute Gasteiger partial charge is 0.410 e. The van der Waals surface area contributed by atoms with Gasteiger partial charge < -0.3 is 9.94 Å². The Morgan fingerprint density at radius 3 is 3.07 bits per heavy atom. The van der Waals surface area contributed by atoms with Crippen LogP contribution in [0.5, 0.6) is 0 Å². The predicted molar refractivity (Wildman–Crippen MR) is 58.7 cm³/mol. The van der Waals surface area contributed by atoms with Gasteiger partial charge in [-0.1, -0.05) is 28.9 Å². The van der Waals surface area contributed by atoms with Gasteiger partial charge in [0, 0.05) is 12.7 Å². The number of ether oxygens (including phenoxy) is 1. The van der Waals surface area contributed by atoms with Crippen molar-refractivity contribution < 1.29 is 9.94 Å². The molecule has 3 nitrogen and oxygen atoms in total. The third-order valence-corrected chi connectivity index (χ3v) is 3.07. The zero-order chi connectivity index (χ0) is 10.8. The number of rotatable bonds is 2. The molecule has 0 aliphatic heterocycles. The van der Waals surface area contributed by atoms with Crippen LogP contribution in [0.3, 0.4) is 0 Å². The van der Waals surface area contributed by atoms with Crippen LogP contribution >= 0.6 is 11.6 Å². The van der Waals surface area contributed by atoms with Gasteiger partial charge in [0.05, 0.1) is 6.10 Å². The normalized spacial score (nSPS) is 20.4. The van der Waals surface area contributed by atoms with Crippen molar-refractivity contribution in [3.63, 3.8) is 0 Å². The first kappa shape index (κ1) is 10.5. The Kier molecular flexibility index (Phi) is 2.93. The number of fused-ring (bicyclic) bond motifs is 1. The molecule has 1 aliphatic rings. The Hall–Kier alpha value is -1.06. The average molecular weight is 226 g/mol. The number of hydrogen-bond donors (Lipinski definition) is 1. The number of nitrogens with zero attached hydrogens (tertiary/aromatic N) is 1. The van der Waals surface area contributed by atoms with E-state index in [2.05, 4.69) is 5.16 Å². The summed E-state index contributed by atoms with van der Waals surface area (Å²) in [6.07, 6.45) is 2.18. The van der Waals surface area contributed by atoms with Crippen molar-refractivity contribution in [1.82, 2.24) is 0 Å². The molecule has 1 aromatic rings. The molecule has 0 fully saturated rings. The van der Waals surface area contributed by atoms with Crippen molar-refractivity contribution in [2.45, 2.75) is 18.9 Å². The van der Waals surface area contributed by atoms with E-state index in [1.165, 1.54) is 11.1 Å². The molecule has 2 rings (SSSR count). The number of halogens is 1. The molecule has 0 amide bonds. The number of methoxy groups -OCH3 is 1. The van der Waals surface area contributed by atoms with Crippen LogP contribution in [0.1, 0.15) is 29.2 Å². The van der Waals surface area contributed by atoms with E-state index in [0.29, 0.717) is 0 Å². The Morgan fingerprint density at radius 2 is 2.40 bits per heavy atom. The molecule has 0 aromatic heterocycles. The fourth-order valence-electron chi connectivity index (χ4n) is 2.01. The highest BCUT2D eigenvalue weighted by molar-refractivity contribution is 6.69. The highest BCUT2D eigenvalue weighted by Gasteiger charge is 2.22. The Bertz CT molecular complexity index is 404. The second-order valence-corrected chi connectivity index (χ2v) is 3.93. The van der Waals surface area contributed by atoms with Gasteiger partial charge in [-0.05, 0) is 30.0 Å². The maximum atomic E-state index is 8.57. The summed E-state index contributed by atoms with van der Waals surface area (Å²) >= 11 is 5.73. The highest BCUT2D eigenvalue weighted by atomic mass is 35.5. The Labute approximate surface area is 93.3 Å². The van der Waals surface area contributed by atoms with Gasteiger partial charge >= 0.3 is 0 Å².